The van der Waals surface area contributed by atoms with Gasteiger partial charge in [-0.15, -0.1) is 0 Å². The normalized spacial score (nSPS) is 38.1. The van der Waals surface area contributed by atoms with Crippen LogP contribution in [0.2, 0.25) is 0 Å². The Balaban J connectivity index is 2.05. The van der Waals surface area contributed by atoms with Crippen LogP contribution in [0.1, 0.15) is 51.9 Å². The SMILES string of the molecule is CCC1(NC(=O)CO)CC2CCCC(C2)C1. The number of carbonyl (C=O) groups is 1. The number of amides is 1. The van der Waals surface area contributed by atoms with Gasteiger partial charge in [0.25, 0.3) is 0 Å². The first-order valence-corrected chi connectivity index (χ1v) is 6.59. The van der Waals surface area contributed by atoms with E-state index in [1.165, 1.54) is 25.7 Å². The summed E-state index contributed by atoms with van der Waals surface area (Å²) in [4.78, 5) is 11.4. The van der Waals surface area contributed by atoms with E-state index >= 15 is 0 Å². The van der Waals surface area contributed by atoms with Crippen molar-refractivity contribution >= 4 is 5.91 Å². The number of aliphatic hydroxyl groups is 1. The first-order valence-electron chi connectivity index (χ1n) is 6.59. The van der Waals surface area contributed by atoms with E-state index < -0.39 is 0 Å². The highest BCUT2D eigenvalue weighted by Crippen LogP contribution is 2.45. The van der Waals surface area contributed by atoms with Gasteiger partial charge in [0, 0.05) is 5.54 Å². The van der Waals surface area contributed by atoms with Crippen molar-refractivity contribution in [2.24, 2.45) is 11.8 Å². The lowest BCUT2D eigenvalue weighted by Crippen LogP contribution is -2.54. The Bertz CT molecular complexity index is 253. The van der Waals surface area contributed by atoms with E-state index in [1.54, 1.807) is 0 Å². The molecule has 0 radical (unpaired) electrons. The van der Waals surface area contributed by atoms with Crippen molar-refractivity contribution in [1.82, 2.24) is 5.32 Å². The molecule has 2 unspecified atom stereocenters. The Labute approximate surface area is 97.6 Å². The number of aliphatic hydroxyl groups excluding tert-OH is 1. The van der Waals surface area contributed by atoms with E-state index in [-0.39, 0.29) is 18.1 Å². The Kier molecular flexibility index (Phi) is 3.53. The Morgan fingerprint density at radius 2 is 2.00 bits per heavy atom. The number of carbonyl (C=O) groups excluding carboxylic acids is 1. The predicted octanol–water partition coefficient (Wildman–Crippen LogP) is 1.84. The van der Waals surface area contributed by atoms with Crippen molar-refractivity contribution in [3.8, 4) is 0 Å². The standard InChI is InChI=1S/C13H23NO2/c1-2-13(14-12(16)9-15)7-10-4-3-5-11(6-10)8-13/h10-11,15H,2-9H2,1H3,(H,14,16). The summed E-state index contributed by atoms with van der Waals surface area (Å²) < 4.78 is 0. The minimum atomic E-state index is -0.378. The second-order valence-electron chi connectivity index (χ2n) is 5.65. The van der Waals surface area contributed by atoms with Gasteiger partial charge in [-0.3, -0.25) is 4.79 Å². The molecule has 2 aliphatic carbocycles. The molecule has 0 aromatic rings. The first kappa shape index (κ1) is 11.9. The number of hydrogen-bond donors (Lipinski definition) is 2. The topological polar surface area (TPSA) is 49.3 Å². The van der Waals surface area contributed by atoms with E-state index in [9.17, 15) is 4.79 Å². The molecule has 16 heavy (non-hydrogen) atoms. The van der Waals surface area contributed by atoms with E-state index in [1.807, 2.05) is 0 Å². The molecular formula is C13H23NO2. The highest BCUT2D eigenvalue weighted by Gasteiger charge is 2.41. The molecule has 2 rings (SSSR count). The second kappa shape index (κ2) is 4.74. The van der Waals surface area contributed by atoms with Crippen molar-refractivity contribution in [2.45, 2.75) is 57.4 Å². The summed E-state index contributed by atoms with van der Waals surface area (Å²) in [7, 11) is 0. The zero-order chi connectivity index (χ0) is 11.6. The molecule has 0 aliphatic heterocycles. The largest absolute Gasteiger partial charge is 0.387 e. The van der Waals surface area contributed by atoms with Gasteiger partial charge >= 0.3 is 0 Å². The molecule has 2 N–H and O–H groups in total. The lowest BCUT2D eigenvalue weighted by atomic mass is 9.64. The quantitative estimate of drug-likeness (QED) is 0.770. The maximum Gasteiger partial charge on any atom is 0.246 e. The molecule has 3 nitrogen and oxygen atoms in total. The summed E-state index contributed by atoms with van der Waals surface area (Å²) in [5.41, 5.74) is -0.0200. The molecule has 1 amide bonds. The van der Waals surface area contributed by atoms with Crippen LogP contribution >= 0.6 is 0 Å². The second-order valence-corrected chi connectivity index (χ2v) is 5.65. The summed E-state index contributed by atoms with van der Waals surface area (Å²) in [6.45, 7) is 1.77. The molecule has 2 aliphatic rings. The van der Waals surface area contributed by atoms with Crippen LogP contribution in [0.4, 0.5) is 0 Å². The fraction of sp³-hybridized carbons (Fsp3) is 0.923. The highest BCUT2D eigenvalue weighted by atomic mass is 16.3. The zero-order valence-electron chi connectivity index (χ0n) is 10.2. The van der Waals surface area contributed by atoms with Gasteiger partial charge in [-0.05, 0) is 37.5 Å². The van der Waals surface area contributed by atoms with Gasteiger partial charge in [0.1, 0.15) is 6.61 Å². The van der Waals surface area contributed by atoms with Crippen LogP contribution < -0.4 is 5.32 Å². The third kappa shape index (κ3) is 2.40. The third-order valence-electron chi connectivity index (χ3n) is 4.48. The lowest BCUT2D eigenvalue weighted by Gasteiger charge is -2.47. The highest BCUT2D eigenvalue weighted by molar-refractivity contribution is 5.77. The maximum atomic E-state index is 11.4. The number of fused-ring (bicyclic) bond motifs is 2. The predicted molar refractivity (Wildman–Crippen MR) is 62.9 cm³/mol. The van der Waals surface area contributed by atoms with Gasteiger partial charge in [0.2, 0.25) is 5.91 Å². The Morgan fingerprint density at radius 1 is 1.38 bits per heavy atom. The number of rotatable bonds is 3. The smallest absolute Gasteiger partial charge is 0.246 e. The van der Waals surface area contributed by atoms with Crippen molar-refractivity contribution < 1.29 is 9.90 Å². The average Bonchev–Trinajstić information content (AvgIpc) is 2.28. The molecule has 2 atom stereocenters. The van der Waals surface area contributed by atoms with Gasteiger partial charge in [-0.1, -0.05) is 26.2 Å². The van der Waals surface area contributed by atoms with Crippen LogP contribution in [0.5, 0.6) is 0 Å². The van der Waals surface area contributed by atoms with E-state index in [0.717, 1.165) is 31.1 Å². The minimum Gasteiger partial charge on any atom is -0.387 e. The van der Waals surface area contributed by atoms with E-state index in [4.69, 9.17) is 5.11 Å². The minimum absolute atomic E-state index is 0.0200. The molecule has 2 fully saturated rings. The zero-order valence-corrected chi connectivity index (χ0v) is 10.2. The van der Waals surface area contributed by atoms with Crippen molar-refractivity contribution in [2.75, 3.05) is 6.61 Å². The Morgan fingerprint density at radius 3 is 2.50 bits per heavy atom. The van der Waals surface area contributed by atoms with Gasteiger partial charge in [0.05, 0.1) is 0 Å². The lowest BCUT2D eigenvalue weighted by molar-refractivity contribution is -0.127. The fourth-order valence-electron chi connectivity index (χ4n) is 3.78. The van der Waals surface area contributed by atoms with Crippen molar-refractivity contribution in [3.05, 3.63) is 0 Å². The molecule has 0 aromatic heterocycles. The summed E-state index contributed by atoms with van der Waals surface area (Å²) in [6.07, 6.45) is 8.60. The average molecular weight is 225 g/mol. The van der Waals surface area contributed by atoms with Crippen LogP contribution in [-0.2, 0) is 4.79 Å². The molecule has 3 heteroatoms. The third-order valence-corrected chi connectivity index (χ3v) is 4.48. The monoisotopic (exact) mass is 225 g/mol. The van der Waals surface area contributed by atoms with Crippen molar-refractivity contribution in [3.63, 3.8) is 0 Å². The molecule has 0 aromatic carbocycles. The van der Waals surface area contributed by atoms with Gasteiger partial charge in [-0.25, -0.2) is 0 Å². The first-order chi connectivity index (χ1) is 7.67. The van der Waals surface area contributed by atoms with Crippen molar-refractivity contribution in [1.29, 1.82) is 0 Å². The van der Waals surface area contributed by atoms with E-state index in [2.05, 4.69) is 12.2 Å². The Hall–Kier alpha value is -0.570. The maximum absolute atomic E-state index is 11.4. The molecule has 0 saturated heterocycles. The van der Waals surface area contributed by atoms with Crippen LogP contribution in [0.25, 0.3) is 0 Å². The summed E-state index contributed by atoms with van der Waals surface area (Å²) >= 11 is 0. The molecule has 2 bridgehead atoms. The van der Waals surface area contributed by atoms with Crippen LogP contribution in [-0.4, -0.2) is 23.2 Å². The molecule has 2 saturated carbocycles. The van der Waals surface area contributed by atoms with Gasteiger partial charge in [-0.2, -0.15) is 0 Å². The molecule has 0 spiro atoms. The van der Waals surface area contributed by atoms with Crippen LogP contribution in [0.3, 0.4) is 0 Å². The van der Waals surface area contributed by atoms with E-state index in [0.29, 0.717) is 0 Å². The summed E-state index contributed by atoms with van der Waals surface area (Å²) in [6, 6.07) is 0. The van der Waals surface area contributed by atoms with Gasteiger partial charge in [0.15, 0.2) is 0 Å². The molecular weight excluding hydrogens is 202 g/mol. The molecule has 92 valence electrons. The molecule has 0 heterocycles. The fourth-order valence-corrected chi connectivity index (χ4v) is 3.78. The number of hydrogen-bond acceptors (Lipinski definition) is 2. The van der Waals surface area contributed by atoms with Gasteiger partial charge < -0.3 is 10.4 Å². The number of nitrogens with one attached hydrogen (secondary N) is 1. The van der Waals surface area contributed by atoms with Crippen LogP contribution in [0, 0.1) is 11.8 Å². The summed E-state index contributed by atoms with van der Waals surface area (Å²) in [5, 5.41) is 11.9. The summed E-state index contributed by atoms with van der Waals surface area (Å²) in [5.74, 6) is 1.39. The van der Waals surface area contributed by atoms with Crippen LogP contribution in [0.15, 0.2) is 0 Å².